The standard InChI is InChI=1S/C23H27N3O3S/c1-19-9-11-21(12-10-19)30(27,28)24-18-22(23-8-5-17-29-23)26-15-13-25(14-16-26)20-6-3-2-4-7-20/h2-12,17,22,24H,13-16,18H2,1H3/t22-/m0/s1. The second-order valence-corrected chi connectivity index (χ2v) is 9.32. The van der Waals surface area contributed by atoms with E-state index in [0.29, 0.717) is 0 Å². The molecule has 0 amide bonds. The van der Waals surface area contributed by atoms with E-state index >= 15 is 0 Å². The number of nitrogens with one attached hydrogen (secondary N) is 1. The first-order valence-electron chi connectivity index (χ1n) is 10.2. The van der Waals surface area contributed by atoms with E-state index in [0.717, 1.165) is 37.5 Å². The molecule has 0 saturated carbocycles. The molecule has 1 aromatic heterocycles. The van der Waals surface area contributed by atoms with Crippen LogP contribution in [-0.4, -0.2) is 46.0 Å². The fraction of sp³-hybridized carbons (Fsp3) is 0.304. The van der Waals surface area contributed by atoms with Gasteiger partial charge in [-0.05, 0) is 43.3 Å². The van der Waals surface area contributed by atoms with Crippen LogP contribution in [0, 0.1) is 6.92 Å². The van der Waals surface area contributed by atoms with E-state index in [1.54, 1.807) is 30.5 Å². The zero-order valence-corrected chi connectivity index (χ0v) is 17.9. The van der Waals surface area contributed by atoms with E-state index < -0.39 is 10.0 Å². The molecule has 1 aliphatic rings. The summed E-state index contributed by atoms with van der Waals surface area (Å²) in [7, 11) is -3.58. The molecule has 1 fully saturated rings. The number of nitrogens with zero attached hydrogens (tertiary/aromatic N) is 2. The molecule has 0 radical (unpaired) electrons. The number of para-hydroxylation sites is 1. The Bertz CT molecular complexity index is 1030. The SMILES string of the molecule is Cc1ccc(S(=O)(=O)NC[C@@H](c2ccco2)N2CCN(c3ccccc3)CC2)cc1. The molecule has 7 heteroatoms. The second kappa shape index (κ2) is 9.04. The Labute approximate surface area is 178 Å². The van der Waals surface area contributed by atoms with Crippen molar-refractivity contribution in [1.82, 2.24) is 9.62 Å². The van der Waals surface area contributed by atoms with Crippen LogP contribution in [0.2, 0.25) is 0 Å². The molecule has 2 heterocycles. The van der Waals surface area contributed by atoms with Crippen molar-refractivity contribution in [2.45, 2.75) is 17.9 Å². The van der Waals surface area contributed by atoms with Crippen LogP contribution in [0.5, 0.6) is 0 Å². The quantitative estimate of drug-likeness (QED) is 0.628. The monoisotopic (exact) mass is 425 g/mol. The predicted molar refractivity (Wildman–Crippen MR) is 118 cm³/mol. The Balaban J connectivity index is 1.45. The van der Waals surface area contributed by atoms with Gasteiger partial charge < -0.3 is 9.32 Å². The Morgan fingerprint density at radius 1 is 0.933 bits per heavy atom. The van der Waals surface area contributed by atoms with Crippen LogP contribution < -0.4 is 9.62 Å². The predicted octanol–water partition coefficient (Wildman–Crippen LogP) is 3.43. The third kappa shape index (κ3) is 4.75. The summed E-state index contributed by atoms with van der Waals surface area (Å²) >= 11 is 0. The third-order valence-electron chi connectivity index (χ3n) is 5.55. The number of hydrogen-bond acceptors (Lipinski definition) is 5. The molecule has 3 aromatic rings. The van der Waals surface area contributed by atoms with Crippen LogP contribution in [0.1, 0.15) is 17.4 Å². The molecule has 1 atom stereocenters. The fourth-order valence-corrected chi connectivity index (χ4v) is 4.85. The first kappa shape index (κ1) is 20.7. The summed E-state index contributed by atoms with van der Waals surface area (Å²) < 4.78 is 34.0. The van der Waals surface area contributed by atoms with E-state index in [2.05, 4.69) is 26.7 Å². The lowest BCUT2D eigenvalue weighted by atomic mass is 10.1. The number of rotatable bonds is 7. The summed E-state index contributed by atoms with van der Waals surface area (Å²) in [6.45, 7) is 5.61. The molecule has 30 heavy (non-hydrogen) atoms. The first-order chi connectivity index (χ1) is 14.5. The molecule has 1 N–H and O–H groups in total. The fourth-order valence-electron chi connectivity index (χ4n) is 3.81. The van der Waals surface area contributed by atoms with E-state index in [4.69, 9.17) is 4.42 Å². The maximum Gasteiger partial charge on any atom is 0.240 e. The summed E-state index contributed by atoms with van der Waals surface area (Å²) in [5.41, 5.74) is 2.24. The number of sulfonamides is 1. The Morgan fingerprint density at radius 2 is 1.63 bits per heavy atom. The summed E-state index contributed by atoms with van der Waals surface area (Å²) in [4.78, 5) is 4.92. The zero-order chi connectivity index (χ0) is 21.0. The van der Waals surface area contributed by atoms with Crippen molar-refractivity contribution in [1.29, 1.82) is 0 Å². The maximum absolute atomic E-state index is 12.8. The summed E-state index contributed by atoms with van der Waals surface area (Å²) in [6, 6.07) is 20.8. The zero-order valence-electron chi connectivity index (χ0n) is 17.1. The van der Waals surface area contributed by atoms with Gasteiger partial charge in [-0.1, -0.05) is 35.9 Å². The molecule has 6 nitrogen and oxygen atoms in total. The van der Waals surface area contributed by atoms with Crippen LogP contribution in [0.15, 0.2) is 82.3 Å². The van der Waals surface area contributed by atoms with Gasteiger partial charge in [-0.2, -0.15) is 0 Å². The Hall–Kier alpha value is -2.61. The van der Waals surface area contributed by atoms with Crippen LogP contribution >= 0.6 is 0 Å². The highest BCUT2D eigenvalue weighted by Gasteiger charge is 2.28. The lowest BCUT2D eigenvalue weighted by molar-refractivity contribution is 0.166. The smallest absolute Gasteiger partial charge is 0.240 e. The van der Waals surface area contributed by atoms with Crippen molar-refractivity contribution in [2.75, 3.05) is 37.6 Å². The van der Waals surface area contributed by atoms with E-state index in [1.165, 1.54) is 5.69 Å². The average Bonchev–Trinajstić information content (AvgIpc) is 3.30. The van der Waals surface area contributed by atoms with Gasteiger partial charge in [0.05, 0.1) is 17.2 Å². The first-order valence-corrected chi connectivity index (χ1v) is 11.6. The van der Waals surface area contributed by atoms with Crippen LogP contribution in [0.4, 0.5) is 5.69 Å². The molecule has 2 aromatic carbocycles. The average molecular weight is 426 g/mol. The second-order valence-electron chi connectivity index (χ2n) is 7.55. The molecular weight excluding hydrogens is 398 g/mol. The van der Waals surface area contributed by atoms with Crippen LogP contribution in [0.25, 0.3) is 0 Å². The summed E-state index contributed by atoms with van der Waals surface area (Å²) in [5.74, 6) is 0.773. The molecule has 0 aliphatic carbocycles. The highest BCUT2D eigenvalue weighted by molar-refractivity contribution is 7.89. The molecule has 0 spiro atoms. The van der Waals surface area contributed by atoms with Crippen molar-refractivity contribution in [3.8, 4) is 0 Å². The van der Waals surface area contributed by atoms with E-state index in [9.17, 15) is 8.42 Å². The minimum atomic E-state index is -3.58. The summed E-state index contributed by atoms with van der Waals surface area (Å²) in [6.07, 6.45) is 1.64. The van der Waals surface area contributed by atoms with Gasteiger partial charge in [-0.25, -0.2) is 13.1 Å². The Kier molecular flexibility index (Phi) is 6.22. The normalized spacial score (nSPS) is 16.5. The number of benzene rings is 2. The number of furan rings is 1. The van der Waals surface area contributed by atoms with Gasteiger partial charge in [0.1, 0.15) is 5.76 Å². The topological polar surface area (TPSA) is 65.8 Å². The lowest BCUT2D eigenvalue weighted by Crippen LogP contribution is -2.49. The molecule has 1 aliphatic heterocycles. The number of anilines is 1. The molecule has 4 rings (SSSR count). The Morgan fingerprint density at radius 3 is 2.27 bits per heavy atom. The van der Waals surface area contributed by atoms with Gasteiger partial charge in [0.15, 0.2) is 0 Å². The van der Waals surface area contributed by atoms with Crippen molar-refractivity contribution in [3.63, 3.8) is 0 Å². The van der Waals surface area contributed by atoms with Gasteiger partial charge in [0.25, 0.3) is 0 Å². The number of hydrogen-bond donors (Lipinski definition) is 1. The largest absolute Gasteiger partial charge is 0.468 e. The third-order valence-corrected chi connectivity index (χ3v) is 6.99. The van der Waals surface area contributed by atoms with Crippen molar-refractivity contribution >= 4 is 15.7 Å². The van der Waals surface area contributed by atoms with Gasteiger partial charge in [-0.3, -0.25) is 4.90 Å². The van der Waals surface area contributed by atoms with Crippen LogP contribution in [0.3, 0.4) is 0 Å². The van der Waals surface area contributed by atoms with Crippen molar-refractivity contribution in [2.24, 2.45) is 0 Å². The molecule has 158 valence electrons. The van der Waals surface area contributed by atoms with Crippen molar-refractivity contribution in [3.05, 3.63) is 84.3 Å². The minimum Gasteiger partial charge on any atom is -0.468 e. The lowest BCUT2D eigenvalue weighted by Gasteiger charge is -2.39. The van der Waals surface area contributed by atoms with Gasteiger partial charge >= 0.3 is 0 Å². The summed E-state index contributed by atoms with van der Waals surface area (Å²) in [5, 5.41) is 0. The van der Waals surface area contributed by atoms with Crippen molar-refractivity contribution < 1.29 is 12.8 Å². The van der Waals surface area contributed by atoms with Gasteiger partial charge in [-0.15, -0.1) is 0 Å². The van der Waals surface area contributed by atoms with E-state index in [1.807, 2.05) is 37.3 Å². The maximum atomic E-state index is 12.8. The molecular formula is C23H27N3O3S. The van der Waals surface area contributed by atoms with Gasteiger partial charge in [0.2, 0.25) is 10.0 Å². The van der Waals surface area contributed by atoms with Gasteiger partial charge in [0, 0.05) is 38.4 Å². The highest BCUT2D eigenvalue weighted by atomic mass is 32.2. The number of aryl methyl sites for hydroxylation is 1. The molecule has 0 unspecified atom stereocenters. The number of piperazine rings is 1. The highest BCUT2D eigenvalue weighted by Crippen LogP contribution is 2.25. The molecule has 1 saturated heterocycles. The van der Waals surface area contributed by atoms with E-state index in [-0.39, 0.29) is 17.5 Å². The molecule has 0 bridgehead atoms. The van der Waals surface area contributed by atoms with Crippen LogP contribution in [-0.2, 0) is 10.0 Å². The minimum absolute atomic E-state index is 0.154.